The average molecular weight is 362 g/mol. The molecule has 0 aliphatic heterocycles. The van der Waals surface area contributed by atoms with Gasteiger partial charge < -0.3 is 14.8 Å². The van der Waals surface area contributed by atoms with Crippen molar-refractivity contribution in [1.29, 1.82) is 0 Å². The Labute approximate surface area is 147 Å². The number of amides is 1. The first-order valence-electron chi connectivity index (χ1n) is 7.41. The zero-order chi connectivity index (χ0) is 19.1. The maximum atomic E-state index is 12.8. The van der Waals surface area contributed by atoms with Crippen molar-refractivity contribution in [1.82, 2.24) is 5.32 Å². The van der Waals surface area contributed by atoms with Crippen LogP contribution in [0.25, 0.3) is 0 Å². The molecule has 0 spiro atoms. The molecule has 0 fully saturated rings. The number of ether oxygens (including phenoxy) is 2. The van der Waals surface area contributed by atoms with Crippen molar-refractivity contribution in [3.8, 4) is 5.75 Å². The number of hydrogen-bond acceptors (Lipinski definition) is 6. The summed E-state index contributed by atoms with van der Waals surface area (Å²) in [4.78, 5) is 33.9. The number of benzene rings is 2. The molecule has 0 aliphatic rings. The third kappa shape index (κ3) is 5.00. The number of carbonyl (C=O) groups is 2. The third-order valence-electron chi connectivity index (χ3n) is 3.35. The van der Waals surface area contributed by atoms with Crippen molar-refractivity contribution in [3.63, 3.8) is 0 Å². The predicted octanol–water partition coefficient (Wildman–Crippen LogP) is 2.22. The van der Waals surface area contributed by atoms with Gasteiger partial charge in [0.2, 0.25) is 0 Å². The van der Waals surface area contributed by atoms with E-state index in [4.69, 9.17) is 9.47 Å². The van der Waals surface area contributed by atoms with Crippen LogP contribution in [0.4, 0.5) is 10.1 Å². The average Bonchev–Trinajstić information content (AvgIpc) is 2.65. The highest BCUT2D eigenvalue weighted by Gasteiger charge is 2.19. The lowest BCUT2D eigenvalue weighted by molar-refractivity contribution is -0.385. The van der Waals surface area contributed by atoms with Gasteiger partial charge in [-0.25, -0.2) is 9.18 Å². The molecule has 0 aromatic heterocycles. The second kappa shape index (κ2) is 8.56. The Bertz CT molecular complexity index is 823. The van der Waals surface area contributed by atoms with Crippen LogP contribution in [0.3, 0.4) is 0 Å². The molecule has 8 nitrogen and oxygen atoms in total. The van der Waals surface area contributed by atoms with Crippen LogP contribution in [-0.2, 0) is 16.1 Å². The second-order valence-corrected chi connectivity index (χ2v) is 5.12. The third-order valence-corrected chi connectivity index (χ3v) is 3.35. The van der Waals surface area contributed by atoms with Crippen LogP contribution in [0.5, 0.6) is 5.75 Å². The molecule has 136 valence electrons. The van der Waals surface area contributed by atoms with Crippen molar-refractivity contribution >= 4 is 17.6 Å². The van der Waals surface area contributed by atoms with E-state index in [9.17, 15) is 24.1 Å². The highest BCUT2D eigenvalue weighted by Crippen LogP contribution is 2.27. The normalized spacial score (nSPS) is 10.1. The van der Waals surface area contributed by atoms with Gasteiger partial charge in [0.15, 0.2) is 12.4 Å². The van der Waals surface area contributed by atoms with E-state index >= 15 is 0 Å². The fourth-order valence-electron chi connectivity index (χ4n) is 2.03. The summed E-state index contributed by atoms with van der Waals surface area (Å²) in [5.41, 5.74) is 0.211. The molecule has 9 heteroatoms. The minimum absolute atomic E-state index is 0.00332. The van der Waals surface area contributed by atoms with Gasteiger partial charge in [-0.1, -0.05) is 12.1 Å². The fraction of sp³-hybridized carbons (Fsp3) is 0.176. The molecule has 0 saturated carbocycles. The molecular weight excluding hydrogens is 347 g/mol. The first-order chi connectivity index (χ1) is 12.4. The van der Waals surface area contributed by atoms with E-state index < -0.39 is 23.4 Å². The van der Waals surface area contributed by atoms with Gasteiger partial charge >= 0.3 is 11.7 Å². The van der Waals surface area contributed by atoms with E-state index in [1.165, 1.54) is 43.5 Å². The highest BCUT2D eigenvalue weighted by atomic mass is 19.1. The standard InChI is InChI=1S/C17H15FN2O6/c1-25-15-7-4-12(8-14(15)20(23)24)17(22)26-10-16(21)19-9-11-2-5-13(18)6-3-11/h2-8H,9-10H2,1H3,(H,19,21). The van der Waals surface area contributed by atoms with Crippen LogP contribution in [0.15, 0.2) is 42.5 Å². The van der Waals surface area contributed by atoms with Gasteiger partial charge in [-0.15, -0.1) is 0 Å². The number of methoxy groups -OCH3 is 1. The zero-order valence-electron chi connectivity index (χ0n) is 13.7. The summed E-state index contributed by atoms with van der Waals surface area (Å²) in [7, 11) is 1.27. The molecule has 2 aromatic rings. The molecule has 26 heavy (non-hydrogen) atoms. The van der Waals surface area contributed by atoms with E-state index in [1.807, 2.05) is 0 Å². The number of nitrogens with zero attached hydrogens (tertiary/aromatic N) is 1. The fourth-order valence-corrected chi connectivity index (χ4v) is 2.03. The molecule has 0 atom stereocenters. The quantitative estimate of drug-likeness (QED) is 0.460. The van der Waals surface area contributed by atoms with Crippen LogP contribution in [0.1, 0.15) is 15.9 Å². The van der Waals surface area contributed by atoms with Crippen LogP contribution < -0.4 is 10.1 Å². The van der Waals surface area contributed by atoms with Crippen molar-refractivity contribution in [3.05, 3.63) is 69.5 Å². The van der Waals surface area contributed by atoms with Crippen LogP contribution in [-0.4, -0.2) is 30.5 Å². The van der Waals surface area contributed by atoms with Gasteiger partial charge in [0.1, 0.15) is 5.82 Å². The second-order valence-electron chi connectivity index (χ2n) is 5.12. The summed E-state index contributed by atoms with van der Waals surface area (Å²) in [5.74, 6) is -1.83. The topological polar surface area (TPSA) is 108 Å². The van der Waals surface area contributed by atoms with E-state index in [2.05, 4.69) is 5.32 Å². The minimum Gasteiger partial charge on any atom is -0.490 e. The zero-order valence-corrected chi connectivity index (χ0v) is 13.7. The van der Waals surface area contributed by atoms with Gasteiger partial charge in [0.25, 0.3) is 5.91 Å². The molecule has 1 N–H and O–H groups in total. The van der Waals surface area contributed by atoms with Gasteiger partial charge in [0, 0.05) is 12.6 Å². The Morgan fingerprint density at radius 2 is 1.88 bits per heavy atom. The lowest BCUT2D eigenvalue weighted by Crippen LogP contribution is -2.28. The molecule has 2 rings (SSSR count). The van der Waals surface area contributed by atoms with Crippen molar-refractivity contribution in [2.75, 3.05) is 13.7 Å². The number of halogens is 1. The number of esters is 1. The minimum atomic E-state index is -0.882. The van der Waals surface area contributed by atoms with Crippen molar-refractivity contribution in [2.45, 2.75) is 6.54 Å². The Hall–Kier alpha value is -3.49. The number of nitrogens with one attached hydrogen (secondary N) is 1. The summed E-state index contributed by atoms with van der Waals surface area (Å²) < 4.78 is 22.5. The SMILES string of the molecule is COc1ccc(C(=O)OCC(=O)NCc2ccc(F)cc2)cc1[N+](=O)[O-]. The Morgan fingerprint density at radius 1 is 1.19 bits per heavy atom. The smallest absolute Gasteiger partial charge is 0.338 e. The number of nitro groups is 1. The lowest BCUT2D eigenvalue weighted by Gasteiger charge is -2.07. The summed E-state index contributed by atoms with van der Waals surface area (Å²) in [6.07, 6.45) is 0. The van der Waals surface area contributed by atoms with Gasteiger partial charge in [-0.3, -0.25) is 14.9 Å². The Kier molecular flexibility index (Phi) is 6.20. The molecule has 0 aliphatic carbocycles. The van der Waals surface area contributed by atoms with E-state index in [1.54, 1.807) is 0 Å². The summed E-state index contributed by atoms with van der Waals surface area (Å²) in [6.45, 7) is -0.412. The van der Waals surface area contributed by atoms with E-state index in [-0.39, 0.29) is 29.4 Å². The summed E-state index contributed by atoms with van der Waals surface area (Å²) >= 11 is 0. The van der Waals surface area contributed by atoms with E-state index in [0.717, 1.165) is 6.07 Å². The molecule has 0 saturated heterocycles. The molecule has 0 unspecified atom stereocenters. The molecule has 1 amide bonds. The summed E-state index contributed by atoms with van der Waals surface area (Å²) in [5, 5.41) is 13.5. The molecular formula is C17H15FN2O6. The Morgan fingerprint density at radius 3 is 2.50 bits per heavy atom. The maximum Gasteiger partial charge on any atom is 0.338 e. The molecule has 0 radical (unpaired) electrons. The largest absolute Gasteiger partial charge is 0.490 e. The number of rotatable bonds is 7. The predicted molar refractivity (Wildman–Crippen MR) is 88.2 cm³/mol. The van der Waals surface area contributed by atoms with Crippen LogP contribution in [0.2, 0.25) is 0 Å². The Balaban J connectivity index is 1.89. The van der Waals surface area contributed by atoms with Gasteiger partial charge in [-0.05, 0) is 29.8 Å². The number of carbonyl (C=O) groups excluding carboxylic acids is 2. The van der Waals surface area contributed by atoms with Crippen LogP contribution >= 0.6 is 0 Å². The number of hydrogen-bond donors (Lipinski definition) is 1. The lowest BCUT2D eigenvalue weighted by atomic mass is 10.2. The molecule has 0 heterocycles. The van der Waals surface area contributed by atoms with E-state index in [0.29, 0.717) is 5.56 Å². The van der Waals surface area contributed by atoms with Gasteiger partial charge in [-0.2, -0.15) is 0 Å². The van der Waals surface area contributed by atoms with Crippen molar-refractivity contribution in [2.24, 2.45) is 0 Å². The van der Waals surface area contributed by atoms with Crippen molar-refractivity contribution < 1.29 is 28.4 Å². The maximum absolute atomic E-state index is 12.8. The first-order valence-corrected chi connectivity index (χ1v) is 7.41. The first kappa shape index (κ1) is 18.8. The molecule has 2 aromatic carbocycles. The molecule has 0 bridgehead atoms. The van der Waals surface area contributed by atoms with Gasteiger partial charge in [0.05, 0.1) is 17.6 Å². The highest BCUT2D eigenvalue weighted by molar-refractivity contribution is 5.92. The number of nitro benzene ring substituents is 1. The van der Waals surface area contributed by atoms with Crippen LogP contribution in [0, 0.1) is 15.9 Å². The monoisotopic (exact) mass is 362 g/mol. The summed E-state index contributed by atoms with van der Waals surface area (Å²) in [6, 6.07) is 9.12.